The Morgan fingerprint density at radius 3 is 1.70 bits per heavy atom. The smallest absolute Gasteiger partial charge is 0.115 e. The van der Waals surface area contributed by atoms with Crippen LogP contribution in [0.3, 0.4) is 0 Å². The average Bonchev–Trinajstić information content (AvgIpc) is 1.94. The van der Waals surface area contributed by atoms with E-state index in [0.29, 0.717) is 5.75 Å². The molecule has 0 atom stereocenters. The lowest BCUT2D eigenvalue weighted by Gasteiger charge is -1.82. The lowest BCUT2D eigenvalue weighted by molar-refractivity contribution is -0.0979. The lowest BCUT2D eigenvalue weighted by atomic mass is 10.3. The van der Waals surface area contributed by atoms with E-state index in [1.165, 1.54) is 0 Å². The van der Waals surface area contributed by atoms with Crippen LogP contribution in [0, 0.1) is 0 Å². The lowest BCUT2D eigenvalue weighted by Crippen LogP contribution is -1.56. The third kappa shape index (κ3) is 5.18. The maximum Gasteiger partial charge on any atom is 0.115 e. The Kier molecular flexibility index (Phi) is 9.48. The highest BCUT2D eigenvalue weighted by Gasteiger charge is 1.74. The van der Waals surface area contributed by atoms with Gasteiger partial charge in [-0.1, -0.05) is 18.2 Å². The fourth-order valence-electron chi connectivity index (χ4n) is 0.428. The van der Waals surface area contributed by atoms with Gasteiger partial charge in [-0.05, 0) is 12.1 Å². The summed E-state index contributed by atoms with van der Waals surface area (Å²) in [5.41, 5.74) is 0. The van der Waals surface area contributed by atoms with Gasteiger partial charge in [0.1, 0.15) is 12.5 Å². The van der Waals surface area contributed by atoms with E-state index < -0.39 is 0 Å². The van der Waals surface area contributed by atoms with Crippen molar-refractivity contribution >= 4 is 20.3 Å². The first-order valence-corrected chi connectivity index (χ1v) is 2.42. The van der Waals surface area contributed by atoms with Gasteiger partial charge in [0.2, 0.25) is 0 Å². The number of aromatic hydroxyl groups is 1. The largest absolute Gasteiger partial charge is 0.508 e. The van der Waals surface area contributed by atoms with Gasteiger partial charge in [0, 0.05) is 0 Å². The average molecular weight is 158 g/mol. The van der Waals surface area contributed by atoms with E-state index in [4.69, 9.17) is 9.90 Å². The van der Waals surface area contributed by atoms with Crippen molar-refractivity contribution in [2.24, 2.45) is 0 Å². The molecule has 0 aliphatic heterocycles. The molecule has 1 N–H and O–H groups in total. The Balaban J connectivity index is 0. The quantitative estimate of drug-likeness (QED) is 0.618. The van der Waals surface area contributed by atoms with Crippen molar-refractivity contribution in [3.63, 3.8) is 0 Å². The van der Waals surface area contributed by atoms with Gasteiger partial charge in [-0.3, -0.25) is 0 Å². The number of rotatable bonds is 0. The second-order valence-electron chi connectivity index (χ2n) is 1.34. The Labute approximate surface area is 67.0 Å². The SMILES string of the molecule is C=O.Oc1ccccc1.S. The van der Waals surface area contributed by atoms with Gasteiger partial charge in [-0.25, -0.2) is 0 Å². The third-order valence-electron chi connectivity index (χ3n) is 0.756. The first kappa shape index (κ1) is 11.8. The van der Waals surface area contributed by atoms with Crippen LogP contribution in [0.1, 0.15) is 0 Å². The molecular weight excluding hydrogens is 148 g/mol. The summed E-state index contributed by atoms with van der Waals surface area (Å²) in [7, 11) is 0. The zero-order valence-corrected chi connectivity index (χ0v) is 6.45. The van der Waals surface area contributed by atoms with Crippen LogP contribution in [0.2, 0.25) is 0 Å². The molecule has 0 fully saturated rings. The number of carbonyl (C=O) groups excluding carboxylic acids is 1. The monoisotopic (exact) mass is 158 g/mol. The van der Waals surface area contributed by atoms with Gasteiger partial charge in [0.05, 0.1) is 0 Å². The predicted octanol–water partition coefficient (Wildman–Crippen LogP) is 1.32. The maximum absolute atomic E-state index is 8.63. The zero-order chi connectivity index (χ0) is 7.11. The highest BCUT2D eigenvalue weighted by molar-refractivity contribution is 7.59. The van der Waals surface area contributed by atoms with E-state index >= 15 is 0 Å². The van der Waals surface area contributed by atoms with Crippen LogP contribution in [-0.4, -0.2) is 11.9 Å². The van der Waals surface area contributed by atoms with Crippen LogP contribution in [0.25, 0.3) is 0 Å². The topological polar surface area (TPSA) is 37.3 Å². The second-order valence-corrected chi connectivity index (χ2v) is 1.34. The number of para-hydroxylation sites is 1. The van der Waals surface area contributed by atoms with Crippen molar-refractivity contribution in [3.05, 3.63) is 30.3 Å². The number of hydrogen-bond acceptors (Lipinski definition) is 2. The summed E-state index contributed by atoms with van der Waals surface area (Å²) in [5.74, 6) is 0.322. The van der Waals surface area contributed by atoms with Gasteiger partial charge in [-0.2, -0.15) is 13.5 Å². The number of phenols is 1. The van der Waals surface area contributed by atoms with Gasteiger partial charge in [-0.15, -0.1) is 0 Å². The van der Waals surface area contributed by atoms with Crippen LogP contribution in [-0.2, 0) is 4.79 Å². The zero-order valence-electron chi connectivity index (χ0n) is 5.45. The first-order chi connectivity index (χ1) is 4.39. The minimum atomic E-state index is 0. The summed E-state index contributed by atoms with van der Waals surface area (Å²) in [6.45, 7) is 2.00. The molecule has 0 spiro atoms. The molecular formula is C7H10O2S. The van der Waals surface area contributed by atoms with Crippen molar-refractivity contribution in [3.8, 4) is 5.75 Å². The fourth-order valence-corrected chi connectivity index (χ4v) is 0.428. The third-order valence-corrected chi connectivity index (χ3v) is 0.756. The summed E-state index contributed by atoms with van der Waals surface area (Å²) in [5, 5.41) is 8.63. The van der Waals surface area contributed by atoms with Gasteiger partial charge in [0.15, 0.2) is 0 Å². The molecule has 0 aliphatic carbocycles. The molecule has 56 valence electrons. The Bertz CT molecular complexity index is 153. The van der Waals surface area contributed by atoms with Crippen LogP contribution in [0.4, 0.5) is 0 Å². The molecule has 0 amide bonds. The van der Waals surface area contributed by atoms with E-state index in [2.05, 4.69) is 0 Å². The highest BCUT2D eigenvalue weighted by atomic mass is 32.1. The van der Waals surface area contributed by atoms with E-state index in [0.717, 1.165) is 0 Å². The van der Waals surface area contributed by atoms with Crippen molar-refractivity contribution in [1.82, 2.24) is 0 Å². The molecule has 2 nitrogen and oxygen atoms in total. The fraction of sp³-hybridized carbons (Fsp3) is 0. The van der Waals surface area contributed by atoms with Gasteiger partial charge < -0.3 is 9.90 Å². The summed E-state index contributed by atoms with van der Waals surface area (Å²) < 4.78 is 0. The molecule has 0 unspecified atom stereocenters. The minimum Gasteiger partial charge on any atom is -0.508 e. The summed E-state index contributed by atoms with van der Waals surface area (Å²) in [6, 6.07) is 8.71. The molecule has 3 heteroatoms. The number of phenolic OH excluding ortho intramolecular Hbond substituents is 1. The van der Waals surface area contributed by atoms with Crippen molar-refractivity contribution in [2.45, 2.75) is 0 Å². The first-order valence-electron chi connectivity index (χ1n) is 2.42. The molecule has 0 aliphatic rings. The predicted molar refractivity (Wildman–Crippen MR) is 45.6 cm³/mol. The Morgan fingerprint density at radius 1 is 1.10 bits per heavy atom. The Hall–Kier alpha value is -0.960. The standard InChI is InChI=1S/C6H6O.CH2O.H2S/c7-6-4-2-1-3-5-6;1-2;/h1-5,7H;1H2;1H2. The van der Waals surface area contributed by atoms with Crippen molar-refractivity contribution < 1.29 is 9.90 Å². The molecule has 0 aromatic heterocycles. The second kappa shape index (κ2) is 8.04. The summed E-state index contributed by atoms with van der Waals surface area (Å²) in [6.07, 6.45) is 0. The molecule has 0 saturated heterocycles. The minimum absolute atomic E-state index is 0. The van der Waals surface area contributed by atoms with Gasteiger partial charge in [0.25, 0.3) is 0 Å². The number of benzene rings is 1. The summed E-state index contributed by atoms with van der Waals surface area (Å²) >= 11 is 0. The Morgan fingerprint density at radius 2 is 1.50 bits per heavy atom. The molecule has 0 heterocycles. The van der Waals surface area contributed by atoms with Crippen LogP contribution in [0.15, 0.2) is 30.3 Å². The van der Waals surface area contributed by atoms with E-state index in [9.17, 15) is 0 Å². The van der Waals surface area contributed by atoms with Crippen LogP contribution >= 0.6 is 13.5 Å². The highest BCUT2D eigenvalue weighted by Crippen LogP contribution is 2.02. The maximum atomic E-state index is 8.63. The number of hydrogen-bond donors (Lipinski definition) is 1. The molecule has 1 aromatic rings. The van der Waals surface area contributed by atoms with E-state index in [-0.39, 0.29) is 13.5 Å². The molecule has 0 radical (unpaired) electrons. The molecule has 0 saturated carbocycles. The van der Waals surface area contributed by atoms with Crippen molar-refractivity contribution in [1.29, 1.82) is 0 Å². The molecule has 1 rings (SSSR count). The van der Waals surface area contributed by atoms with Crippen molar-refractivity contribution in [2.75, 3.05) is 0 Å². The van der Waals surface area contributed by atoms with Gasteiger partial charge >= 0.3 is 0 Å². The molecule has 0 bridgehead atoms. The van der Waals surface area contributed by atoms with E-state index in [1.54, 1.807) is 24.3 Å². The normalized spacial score (nSPS) is 6.40. The molecule has 1 aromatic carbocycles. The van der Waals surface area contributed by atoms with Crippen LogP contribution in [0.5, 0.6) is 5.75 Å². The number of carbonyl (C=O) groups is 1. The van der Waals surface area contributed by atoms with E-state index in [1.807, 2.05) is 12.9 Å². The summed E-state index contributed by atoms with van der Waals surface area (Å²) in [4.78, 5) is 8.00. The van der Waals surface area contributed by atoms with Crippen LogP contribution < -0.4 is 0 Å². The molecule has 10 heavy (non-hydrogen) atoms.